The summed E-state index contributed by atoms with van der Waals surface area (Å²) in [6, 6.07) is 0. The highest BCUT2D eigenvalue weighted by Crippen LogP contribution is 2.19. The number of nitrogens with zero attached hydrogens (tertiary/aromatic N) is 2. The molecule has 2 rings (SSSR count). The lowest BCUT2D eigenvalue weighted by Gasteiger charge is -2.22. The molecule has 0 amide bonds. The summed E-state index contributed by atoms with van der Waals surface area (Å²) >= 11 is 0. The van der Waals surface area contributed by atoms with Crippen molar-refractivity contribution < 1.29 is 9.57 Å². The van der Waals surface area contributed by atoms with Gasteiger partial charge in [-0.2, -0.15) is 0 Å². The van der Waals surface area contributed by atoms with Crippen molar-refractivity contribution in [3.8, 4) is 0 Å². The summed E-state index contributed by atoms with van der Waals surface area (Å²) in [5, 5.41) is 4.17. The van der Waals surface area contributed by atoms with Gasteiger partial charge in [0.2, 0.25) is 0 Å². The van der Waals surface area contributed by atoms with E-state index in [9.17, 15) is 0 Å². The molecule has 1 atom stereocenters. The summed E-state index contributed by atoms with van der Waals surface area (Å²) in [6.07, 6.45) is 4.40. The molecule has 2 aliphatic rings. The van der Waals surface area contributed by atoms with Crippen molar-refractivity contribution in [2.45, 2.75) is 25.9 Å². The van der Waals surface area contributed by atoms with Crippen molar-refractivity contribution in [2.24, 2.45) is 5.16 Å². The molecule has 0 aromatic carbocycles. The summed E-state index contributed by atoms with van der Waals surface area (Å²) in [4.78, 5) is 7.67. The van der Waals surface area contributed by atoms with Crippen LogP contribution in [0.3, 0.4) is 0 Å². The molecule has 90 valence electrons. The first kappa shape index (κ1) is 11.6. The Kier molecular flexibility index (Phi) is 3.96. The van der Waals surface area contributed by atoms with E-state index >= 15 is 0 Å². The van der Waals surface area contributed by atoms with Crippen molar-refractivity contribution >= 4 is 5.71 Å². The minimum atomic E-state index is 0.114. The van der Waals surface area contributed by atoms with Gasteiger partial charge in [-0.05, 0) is 26.0 Å². The highest BCUT2D eigenvalue weighted by atomic mass is 16.7. The highest BCUT2D eigenvalue weighted by molar-refractivity contribution is 6.01. The number of hydrogen-bond acceptors (Lipinski definition) is 4. The average Bonchev–Trinajstić information content (AvgIpc) is 2.75. The normalized spacial score (nSPS) is 26.2. The smallest absolute Gasteiger partial charge is 0.156 e. The molecule has 0 aromatic heterocycles. The fraction of sp³-hybridized carbons (Fsp3) is 0.750. The van der Waals surface area contributed by atoms with Crippen molar-refractivity contribution in [3.63, 3.8) is 0 Å². The third kappa shape index (κ3) is 2.83. The summed E-state index contributed by atoms with van der Waals surface area (Å²) in [5.41, 5.74) is 2.43. The van der Waals surface area contributed by atoms with E-state index in [1.54, 1.807) is 0 Å². The maximum absolute atomic E-state index is 5.36. The summed E-state index contributed by atoms with van der Waals surface area (Å²) < 4.78 is 5.35. The molecule has 0 spiro atoms. The number of oxime groups is 1. The molecule has 16 heavy (non-hydrogen) atoms. The molecular weight excluding hydrogens is 204 g/mol. The minimum absolute atomic E-state index is 0.114. The first-order valence-corrected chi connectivity index (χ1v) is 5.98. The van der Waals surface area contributed by atoms with E-state index in [1.165, 1.54) is 5.57 Å². The van der Waals surface area contributed by atoms with Gasteiger partial charge in [-0.1, -0.05) is 11.2 Å². The van der Waals surface area contributed by atoms with Gasteiger partial charge in [-0.15, -0.1) is 0 Å². The van der Waals surface area contributed by atoms with Crippen LogP contribution in [-0.2, 0) is 9.57 Å². The molecule has 0 fully saturated rings. The van der Waals surface area contributed by atoms with Crippen LogP contribution < -0.4 is 0 Å². The van der Waals surface area contributed by atoms with Crippen molar-refractivity contribution in [2.75, 3.05) is 33.4 Å². The molecule has 0 radical (unpaired) electrons. The summed E-state index contributed by atoms with van der Waals surface area (Å²) in [5.74, 6) is 0. The average molecular weight is 224 g/mol. The Balaban J connectivity index is 1.85. The molecule has 0 aromatic rings. The van der Waals surface area contributed by atoms with E-state index in [0.717, 1.165) is 38.2 Å². The van der Waals surface area contributed by atoms with Crippen LogP contribution in [0, 0.1) is 0 Å². The van der Waals surface area contributed by atoms with E-state index in [-0.39, 0.29) is 6.10 Å². The SMILES string of the molecule is CCOCC1CC(C2=CCCN(C)C2)=NO1. The predicted octanol–water partition coefficient (Wildman–Crippen LogP) is 1.43. The van der Waals surface area contributed by atoms with Gasteiger partial charge in [-0.3, -0.25) is 0 Å². The third-order valence-corrected chi connectivity index (χ3v) is 2.95. The van der Waals surface area contributed by atoms with Crippen LogP contribution >= 0.6 is 0 Å². The number of hydrogen-bond donors (Lipinski definition) is 0. The molecule has 0 saturated carbocycles. The van der Waals surface area contributed by atoms with Crippen LogP contribution in [0.4, 0.5) is 0 Å². The quantitative estimate of drug-likeness (QED) is 0.724. The van der Waals surface area contributed by atoms with Crippen LogP contribution in [0.25, 0.3) is 0 Å². The second-order valence-electron chi connectivity index (χ2n) is 4.38. The van der Waals surface area contributed by atoms with E-state index < -0.39 is 0 Å². The first-order valence-electron chi connectivity index (χ1n) is 5.98. The molecule has 4 nitrogen and oxygen atoms in total. The van der Waals surface area contributed by atoms with Crippen LogP contribution in [0.15, 0.2) is 16.8 Å². The topological polar surface area (TPSA) is 34.1 Å². The molecule has 0 aliphatic carbocycles. The fourth-order valence-electron chi connectivity index (χ4n) is 2.06. The van der Waals surface area contributed by atoms with Gasteiger partial charge in [0, 0.05) is 26.1 Å². The molecule has 0 bridgehead atoms. The Morgan fingerprint density at radius 1 is 1.62 bits per heavy atom. The van der Waals surface area contributed by atoms with Crippen molar-refractivity contribution in [1.29, 1.82) is 0 Å². The summed E-state index contributed by atoms with van der Waals surface area (Å²) in [7, 11) is 2.14. The van der Waals surface area contributed by atoms with Gasteiger partial charge >= 0.3 is 0 Å². The second kappa shape index (κ2) is 5.46. The molecule has 4 heteroatoms. The second-order valence-corrected chi connectivity index (χ2v) is 4.38. The standard InChI is InChI=1S/C12H20N2O2/c1-3-15-9-11-7-12(13-16-11)10-5-4-6-14(2)8-10/h5,11H,3-4,6-9H2,1-2H3. The number of likely N-dealkylation sites (N-methyl/N-ethyl adjacent to an activating group) is 1. The van der Waals surface area contributed by atoms with Gasteiger partial charge in [0.15, 0.2) is 6.10 Å². The van der Waals surface area contributed by atoms with Gasteiger partial charge in [0.1, 0.15) is 0 Å². The lowest BCUT2D eigenvalue weighted by atomic mass is 10.0. The zero-order valence-electron chi connectivity index (χ0n) is 10.1. The van der Waals surface area contributed by atoms with Crippen LogP contribution in [0.2, 0.25) is 0 Å². The molecule has 1 unspecified atom stereocenters. The molecule has 0 saturated heterocycles. The van der Waals surface area contributed by atoms with Crippen LogP contribution in [0.1, 0.15) is 19.8 Å². The Morgan fingerprint density at radius 2 is 2.50 bits per heavy atom. The first-order chi connectivity index (χ1) is 7.79. The molecule has 2 heterocycles. The monoisotopic (exact) mass is 224 g/mol. The van der Waals surface area contributed by atoms with E-state index in [1.807, 2.05) is 6.92 Å². The third-order valence-electron chi connectivity index (χ3n) is 2.95. The zero-order valence-corrected chi connectivity index (χ0v) is 10.1. The van der Waals surface area contributed by atoms with Gasteiger partial charge in [0.05, 0.1) is 12.3 Å². The maximum atomic E-state index is 5.36. The van der Waals surface area contributed by atoms with E-state index in [4.69, 9.17) is 9.57 Å². The molecular formula is C12H20N2O2. The summed E-state index contributed by atoms with van der Waals surface area (Å²) in [6.45, 7) is 5.51. The maximum Gasteiger partial charge on any atom is 0.156 e. The van der Waals surface area contributed by atoms with E-state index in [2.05, 4.69) is 23.2 Å². The fourth-order valence-corrected chi connectivity index (χ4v) is 2.06. The Hall–Kier alpha value is -0.870. The Labute approximate surface area is 96.9 Å². The molecule has 0 N–H and O–H groups in total. The van der Waals surface area contributed by atoms with Crippen LogP contribution in [-0.4, -0.2) is 50.1 Å². The van der Waals surface area contributed by atoms with Gasteiger partial charge < -0.3 is 14.5 Å². The Morgan fingerprint density at radius 3 is 3.25 bits per heavy atom. The van der Waals surface area contributed by atoms with Gasteiger partial charge in [0.25, 0.3) is 0 Å². The van der Waals surface area contributed by atoms with Crippen molar-refractivity contribution in [1.82, 2.24) is 4.90 Å². The lowest BCUT2D eigenvalue weighted by molar-refractivity contribution is 0.00672. The zero-order chi connectivity index (χ0) is 11.4. The number of ether oxygens (including phenoxy) is 1. The van der Waals surface area contributed by atoms with Crippen molar-refractivity contribution in [3.05, 3.63) is 11.6 Å². The largest absolute Gasteiger partial charge is 0.389 e. The lowest BCUT2D eigenvalue weighted by Crippen LogP contribution is -2.28. The van der Waals surface area contributed by atoms with Crippen LogP contribution in [0.5, 0.6) is 0 Å². The Bertz CT molecular complexity index is 299. The highest BCUT2D eigenvalue weighted by Gasteiger charge is 2.25. The van der Waals surface area contributed by atoms with E-state index in [0.29, 0.717) is 6.61 Å². The predicted molar refractivity (Wildman–Crippen MR) is 63.6 cm³/mol. The minimum Gasteiger partial charge on any atom is -0.389 e. The van der Waals surface area contributed by atoms with Gasteiger partial charge in [-0.25, -0.2) is 0 Å². The molecule has 2 aliphatic heterocycles. The number of rotatable bonds is 4.